The minimum absolute atomic E-state index is 0.00716. The van der Waals surface area contributed by atoms with E-state index in [1.807, 2.05) is 0 Å². The van der Waals surface area contributed by atoms with Gasteiger partial charge in [-0.15, -0.1) is 0 Å². The van der Waals surface area contributed by atoms with Gasteiger partial charge in [0.25, 0.3) is 0 Å². The van der Waals surface area contributed by atoms with Crippen molar-refractivity contribution < 1.29 is 143 Å². The number of carbonyl (C=O) groups excluding carboxylic acids is 14. The zero-order valence-corrected chi connectivity index (χ0v) is 59.9. The molecule has 0 aromatic carbocycles. The van der Waals surface area contributed by atoms with Gasteiger partial charge in [-0.1, -0.05) is 59.2 Å². The van der Waals surface area contributed by atoms with Crippen LogP contribution in [-0.2, 0) is 143 Å². The predicted molar refractivity (Wildman–Crippen MR) is 372 cm³/mol. The molecule has 0 aromatic heterocycles. The quantitative estimate of drug-likeness (QED) is 0.0351. The Bertz CT molecular complexity index is 2560. The van der Waals surface area contributed by atoms with Crippen molar-refractivity contribution >= 4 is 83.6 Å². The number of esters is 14. The number of carbonyl (C=O) groups is 14. The first-order valence-corrected chi connectivity index (χ1v) is 33.2. The average molecular weight is 1490 g/mol. The Balaban J connectivity index is 0. The van der Waals surface area contributed by atoms with Gasteiger partial charge >= 0.3 is 83.6 Å². The highest BCUT2D eigenvalue weighted by atomic mass is 16.6. The molecule has 0 aliphatic carbocycles. The van der Waals surface area contributed by atoms with Crippen molar-refractivity contribution in [2.45, 2.75) is 32.1 Å². The van der Waals surface area contributed by atoms with Crippen LogP contribution in [0.1, 0.15) is 32.1 Å². The summed E-state index contributed by atoms with van der Waals surface area (Å²) in [5.41, 5.74) is 0. The minimum Gasteiger partial charge on any atom is -0.464 e. The van der Waals surface area contributed by atoms with Crippen molar-refractivity contribution in [1.29, 1.82) is 0 Å². The van der Waals surface area contributed by atoms with Crippen molar-refractivity contribution in [3.63, 3.8) is 0 Å². The molecule has 0 N–H and O–H groups in total. The van der Waals surface area contributed by atoms with E-state index in [0.717, 1.165) is 54.7 Å². The largest absolute Gasteiger partial charge is 0.464 e. The van der Waals surface area contributed by atoms with Gasteiger partial charge in [0, 0.05) is 153 Å². The Labute approximate surface area is 612 Å². The van der Waals surface area contributed by atoms with Gasteiger partial charge in [-0.3, -0.25) is 48.5 Å². The Morgan fingerprint density at radius 3 is 0.429 bits per heavy atom. The molecule has 35 heteroatoms. The van der Waals surface area contributed by atoms with E-state index in [1.54, 1.807) is 24.5 Å². The molecular formula is C70H103N5O30. The third-order valence-electron chi connectivity index (χ3n) is 13.2. The molecule has 105 heavy (non-hydrogen) atoms. The zero-order valence-electron chi connectivity index (χ0n) is 59.9. The second-order valence-corrected chi connectivity index (χ2v) is 20.6. The molecule has 0 spiro atoms. The molecule has 0 unspecified atom stereocenters. The Morgan fingerprint density at radius 2 is 0.295 bits per heavy atom. The maximum Gasteiger partial charge on any atom is 0.330 e. The monoisotopic (exact) mass is 1490 g/mol. The maximum absolute atomic E-state index is 12.5. The zero-order chi connectivity index (χ0) is 78.5. The molecular weight excluding hydrogens is 1390 g/mol. The minimum atomic E-state index is -0.619. The summed E-state index contributed by atoms with van der Waals surface area (Å²) in [4.78, 5) is 172. The summed E-state index contributed by atoms with van der Waals surface area (Å²) < 4.78 is 81.5. The first-order valence-electron chi connectivity index (χ1n) is 33.2. The van der Waals surface area contributed by atoms with Crippen molar-refractivity contribution in [2.75, 3.05) is 217 Å². The number of hydrogen-bond acceptors (Lipinski definition) is 35. The lowest BCUT2D eigenvalue weighted by Gasteiger charge is -2.22. The molecule has 35 nitrogen and oxygen atoms in total. The molecule has 0 fully saturated rings. The number of nitrogens with zero attached hydrogens (tertiary/aromatic N) is 5. The summed E-state index contributed by atoms with van der Waals surface area (Å²) in [6, 6.07) is 0. The maximum atomic E-state index is 12.5. The van der Waals surface area contributed by atoms with Gasteiger partial charge in [-0.25, -0.2) is 43.2 Å². The van der Waals surface area contributed by atoms with Gasteiger partial charge < -0.3 is 75.8 Å². The molecule has 0 saturated carbocycles. The van der Waals surface area contributed by atoms with Crippen LogP contribution in [0.25, 0.3) is 0 Å². The highest BCUT2D eigenvalue weighted by Crippen LogP contribution is 2.04. The molecule has 0 aliphatic rings. The van der Waals surface area contributed by atoms with Crippen molar-refractivity contribution in [1.82, 2.24) is 24.5 Å². The van der Waals surface area contributed by atoms with E-state index in [0.29, 0.717) is 26.2 Å². The highest BCUT2D eigenvalue weighted by Gasteiger charge is 2.18. The van der Waals surface area contributed by atoms with Gasteiger partial charge in [-0.2, -0.15) is 0 Å². The summed E-state index contributed by atoms with van der Waals surface area (Å²) in [6.45, 7) is 34.3. The van der Waals surface area contributed by atoms with E-state index in [4.69, 9.17) is 75.8 Å². The van der Waals surface area contributed by atoms with Crippen LogP contribution in [-0.4, -0.2) is 325 Å². The topological polar surface area (TPSA) is 403 Å². The SMILES string of the molecule is C=CC(=O)OCCN(CCOC(=O)C=C)CCC(=O)OCCOCCOC(=O)CCN(CCOC(=O)C=C)CCOC(=O)C=C.C=CC(=O)OCCN(CCOC(=O)C=C)CCC(=O)OCCOCCOC(=O)CCN(CCOC(=O)C=C)CCOC(=O)CCN(CCOC(=O)C=C)CCOC(=O)C=C. The number of rotatable bonds is 66. The molecule has 0 bridgehead atoms. The summed E-state index contributed by atoms with van der Waals surface area (Å²) in [6.07, 6.45) is 9.33. The fourth-order valence-electron chi connectivity index (χ4n) is 7.64. The normalized spacial score (nSPS) is 10.4. The summed E-state index contributed by atoms with van der Waals surface area (Å²) in [5.74, 6) is -7.81. The molecule has 0 saturated heterocycles. The van der Waals surface area contributed by atoms with Gasteiger partial charge in [-0.05, 0) is 0 Å². The second kappa shape index (κ2) is 67.2. The Morgan fingerprint density at radius 1 is 0.171 bits per heavy atom. The van der Waals surface area contributed by atoms with E-state index >= 15 is 0 Å². The van der Waals surface area contributed by atoms with Gasteiger partial charge in [0.15, 0.2) is 0 Å². The highest BCUT2D eigenvalue weighted by molar-refractivity contribution is 5.84. The van der Waals surface area contributed by atoms with Crippen molar-refractivity contribution in [3.8, 4) is 0 Å². The molecule has 0 heterocycles. The van der Waals surface area contributed by atoms with Gasteiger partial charge in [0.2, 0.25) is 0 Å². The molecule has 0 rings (SSSR count). The van der Waals surface area contributed by atoms with Crippen LogP contribution in [0.3, 0.4) is 0 Å². The standard InChI is InChI=1S/C40H59N3O17.C30H44N2O13/c1-6-33(44)53-23-17-41(18-24-54-34(45)7-2)14-11-38(49)58-28-22-43(21-27-57-37(48)10-5)16-13-40(51)60-32-30-52-29-31-59-39(50)12-15-42(19-25-55-35(46)8-3)20-26-56-36(47)9-4;1-5-25(33)40-17-13-31(14-18-41-26(34)6-2)11-9-29(37)44-23-21-39-22-24-45-30(38)10-12-32(15-19-42-27(35)7-3)16-20-43-28(36)8-4/h6-10H,1-5,11-32H2;5-8H,1-4,9-24H2. The van der Waals surface area contributed by atoms with Gasteiger partial charge in [0.1, 0.15) is 92.5 Å². The third kappa shape index (κ3) is 62.3. The first-order chi connectivity index (χ1) is 50.5. The van der Waals surface area contributed by atoms with Crippen LogP contribution < -0.4 is 0 Å². The van der Waals surface area contributed by atoms with Crippen LogP contribution in [0.5, 0.6) is 0 Å². The van der Waals surface area contributed by atoms with Crippen LogP contribution >= 0.6 is 0 Å². The van der Waals surface area contributed by atoms with E-state index in [-0.39, 0.29) is 223 Å². The number of hydrogen-bond donors (Lipinski definition) is 0. The Kier molecular flexibility index (Phi) is 62.0. The summed E-state index contributed by atoms with van der Waals surface area (Å²) in [5, 5.41) is 0. The van der Waals surface area contributed by atoms with Crippen molar-refractivity contribution in [2.24, 2.45) is 0 Å². The summed E-state index contributed by atoms with van der Waals surface area (Å²) >= 11 is 0. The van der Waals surface area contributed by atoms with Crippen LogP contribution in [0.15, 0.2) is 114 Å². The third-order valence-corrected chi connectivity index (χ3v) is 13.2. The fourth-order valence-corrected chi connectivity index (χ4v) is 7.64. The first kappa shape index (κ1) is 97.0. The molecule has 0 radical (unpaired) electrons. The van der Waals surface area contributed by atoms with E-state index in [9.17, 15) is 67.1 Å². The molecule has 0 atom stereocenters. The lowest BCUT2D eigenvalue weighted by atomic mass is 10.3. The predicted octanol–water partition coefficient (Wildman–Crippen LogP) is 0.745. The Hall–Kier alpha value is -10.0. The average Bonchev–Trinajstić information content (AvgIpc) is 1.46. The molecule has 588 valence electrons. The molecule has 0 aliphatic heterocycles. The van der Waals surface area contributed by atoms with Gasteiger partial charge in [0.05, 0.1) is 58.5 Å². The van der Waals surface area contributed by atoms with E-state index in [2.05, 4.69) is 59.2 Å². The van der Waals surface area contributed by atoms with Crippen LogP contribution in [0.4, 0.5) is 0 Å². The lowest BCUT2D eigenvalue weighted by Crippen LogP contribution is -2.35. The van der Waals surface area contributed by atoms with Crippen LogP contribution in [0, 0.1) is 0 Å². The number of ether oxygens (including phenoxy) is 16. The second-order valence-electron chi connectivity index (χ2n) is 20.6. The lowest BCUT2D eigenvalue weighted by molar-refractivity contribution is -0.149. The fraction of sp³-hybridized carbons (Fsp3) is 0.543. The molecule has 0 amide bonds. The van der Waals surface area contributed by atoms with E-state index < -0.39 is 83.6 Å². The molecule has 0 aromatic rings. The smallest absolute Gasteiger partial charge is 0.330 e. The van der Waals surface area contributed by atoms with Crippen LogP contribution in [0.2, 0.25) is 0 Å². The van der Waals surface area contributed by atoms with Crippen molar-refractivity contribution in [3.05, 3.63) is 114 Å². The summed E-state index contributed by atoms with van der Waals surface area (Å²) in [7, 11) is 0. The van der Waals surface area contributed by atoms with E-state index in [1.165, 1.54) is 0 Å².